The summed E-state index contributed by atoms with van der Waals surface area (Å²) >= 11 is 0. The van der Waals surface area contributed by atoms with Gasteiger partial charge in [0.2, 0.25) is 23.6 Å². The molecule has 0 saturated carbocycles. The first-order valence-corrected chi connectivity index (χ1v) is 17.2. The molecular formula is C36H61N5O6. The van der Waals surface area contributed by atoms with Gasteiger partial charge in [-0.05, 0) is 58.2 Å². The summed E-state index contributed by atoms with van der Waals surface area (Å²) < 4.78 is 11.8. The number of ether oxygens (including phenoxy) is 2. The molecule has 1 aromatic carbocycles. The van der Waals surface area contributed by atoms with Crippen molar-refractivity contribution < 1.29 is 28.7 Å². The van der Waals surface area contributed by atoms with Gasteiger partial charge in [-0.2, -0.15) is 0 Å². The Morgan fingerprint density at radius 1 is 0.979 bits per heavy atom. The summed E-state index contributed by atoms with van der Waals surface area (Å²) in [6, 6.07) is 9.03. The molecule has 11 heteroatoms. The Hall–Kier alpha value is -3.02. The molecule has 1 aromatic rings. The summed E-state index contributed by atoms with van der Waals surface area (Å²) in [6.07, 6.45) is 2.76. The summed E-state index contributed by atoms with van der Waals surface area (Å²) in [7, 11) is 8.56. The average Bonchev–Trinajstić information content (AvgIpc) is 3.51. The molecule has 7 atom stereocenters. The molecule has 4 amide bonds. The number of likely N-dealkylation sites (tertiary alicyclic amines) is 1. The van der Waals surface area contributed by atoms with E-state index in [2.05, 4.69) is 10.6 Å². The molecule has 47 heavy (non-hydrogen) atoms. The van der Waals surface area contributed by atoms with Crippen LogP contribution in [0.2, 0.25) is 0 Å². The number of rotatable bonds is 19. The minimum Gasteiger partial charge on any atom is -0.379 e. The van der Waals surface area contributed by atoms with Crippen LogP contribution in [0.1, 0.15) is 72.3 Å². The third-order valence-corrected chi connectivity index (χ3v) is 9.40. The Kier molecular flexibility index (Phi) is 16.8. The second kappa shape index (κ2) is 19.7. The van der Waals surface area contributed by atoms with Gasteiger partial charge in [0.05, 0.1) is 49.2 Å². The van der Waals surface area contributed by atoms with E-state index in [1.165, 1.54) is 0 Å². The second-order valence-corrected chi connectivity index (χ2v) is 13.6. The van der Waals surface area contributed by atoms with Crippen molar-refractivity contribution in [3.8, 4) is 0 Å². The highest BCUT2D eigenvalue weighted by molar-refractivity contribution is 5.87. The van der Waals surface area contributed by atoms with Gasteiger partial charge in [0.1, 0.15) is 0 Å². The van der Waals surface area contributed by atoms with Gasteiger partial charge in [0.25, 0.3) is 0 Å². The van der Waals surface area contributed by atoms with Crippen molar-refractivity contribution in [2.45, 2.75) is 110 Å². The molecule has 1 aliphatic heterocycles. The summed E-state index contributed by atoms with van der Waals surface area (Å²) in [5, 5.41) is 5.93. The van der Waals surface area contributed by atoms with E-state index in [0.717, 1.165) is 31.2 Å². The Bertz CT molecular complexity index is 1120. The zero-order valence-electron chi connectivity index (χ0n) is 30.5. The molecule has 0 spiro atoms. The van der Waals surface area contributed by atoms with Gasteiger partial charge >= 0.3 is 0 Å². The summed E-state index contributed by atoms with van der Waals surface area (Å²) in [6.45, 7) is 10.3. The Labute approximate surface area is 283 Å². The van der Waals surface area contributed by atoms with Crippen molar-refractivity contribution in [2.75, 3.05) is 48.5 Å². The van der Waals surface area contributed by atoms with E-state index in [4.69, 9.17) is 9.47 Å². The first-order valence-electron chi connectivity index (χ1n) is 17.2. The van der Waals surface area contributed by atoms with E-state index < -0.39 is 18.1 Å². The van der Waals surface area contributed by atoms with Gasteiger partial charge < -0.3 is 29.9 Å². The lowest BCUT2D eigenvalue weighted by Gasteiger charge is -2.37. The number of methoxy groups -OCH3 is 2. The fourth-order valence-electron chi connectivity index (χ4n) is 6.98. The van der Waals surface area contributed by atoms with Crippen LogP contribution in [0.25, 0.3) is 0 Å². The summed E-state index contributed by atoms with van der Waals surface area (Å²) in [4.78, 5) is 58.6. The van der Waals surface area contributed by atoms with Crippen LogP contribution in [-0.2, 0) is 35.1 Å². The summed E-state index contributed by atoms with van der Waals surface area (Å²) in [5.41, 5.74) is 1.15. The lowest BCUT2D eigenvalue weighted by Crippen LogP contribution is -2.53. The number of carbonyl (C=O) groups excluding carboxylic acids is 4. The minimum atomic E-state index is -0.543. The number of carbonyl (C=O) groups is 4. The molecule has 266 valence electrons. The zero-order valence-corrected chi connectivity index (χ0v) is 30.5. The molecule has 1 fully saturated rings. The van der Waals surface area contributed by atoms with Crippen molar-refractivity contribution in [3.63, 3.8) is 0 Å². The van der Waals surface area contributed by atoms with Crippen molar-refractivity contribution >= 4 is 23.6 Å². The average molecular weight is 660 g/mol. The SMILES string of the molecule is CCCC(C(CC(=O)N1CCCC1C(OC)C(C)C(=O)NC(C)Cc1ccccc1)OC)N(C)C(=O)CNC(=O)C(C(C)C)N(C)C. The number of likely N-dealkylation sites (N-methyl/N-ethyl adjacent to an activating group) is 2. The maximum atomic E-state index is 13.9. The number of hydrogen-bond donors (Lipinski definition) is 2. The van der Waals surface area contributed by atoms with Gasteiger partial charge in [0.15, 0.2) is 0 Å². The number of nitrogens with one attached hydrogen (secondary N) is 2. The molecule has 0 radical (unpaired) electrons. The lowest BCUT2D eigenvalue weighted by molar-refractivity contribution is -0.145. The van der Waals surface area contributed by atoms with Crippen LogP contribution in [-0.4, -0.2) is 123 Å². The van der Waals surface area contributed by atoms with Crippen molar-refractivity contribution in [1.29, 1.82) is 0 Å². The van der Waals surface area contributed by atoms with Gasteiger partial charge in [-0.15, -0.1) is 0 Å². The molecule has 0 aliphatic carbocycles. The van der Waals surface area contributed by atoms with E-state index in [9.17, 15) is 19.2 Å². The molecule has 1 aliphatic rings. The lowest BCUT2D eigenvalue weighted by atomic mass is 9.93. The van der Waals surface area contributed by atoms with Crippen LogP contribution in [0.4, 0.5) is 0 Å². The highest BCUT2D eigenvalue weighted by Gasteiger charge is 2.41. The normalized spacial score (nSPS) is 18.7. The summed E-state index contributed by atoms with van der Waals surface area (Å²) in [5.74, 6) is -1.01. The Morgan fingerprint density at radius 2 is 1.64 bits per heavy atom. The van der Waals surface area contributed by atoms with Crippen molar-refractivity contribution in [2.24, 2.45) is 11.8 Å². The molecule has 0 aromatic heterocycles. The molecule has 2 N–H and O–H groups in total. The Balaban J connectivity index is 2.08. The fraction of sp³-hybridized carbons (Fsp3) is 0.722. The number of benzene rings is 1. The van der Waals surface area contributed by atoms with Crippen LogP contribution >= 0.6 is 0 Å². The highest BCUT2D eigenvalue weighted by atomic mass is 16.5. The van der Waals surface area contributed by atoms with Gasteiger partial charge in [-0.25, -0.2) is 0 Å². The highest BCUT2D eigenvalue weighted by Crippen LogP contribution is 2.28. The maximum Gasteiger partial charge on any atom is 0.242 e. The molecular weight excluding hydrogens is 598 g/mol. The number of amides is 4. The first-order chi connectivity index (χ1) is 22.3. The third-order valence-electron chi connectivity index (χ3n) is 9.40. The van der Waals surface area contributed by atoms with E-state index in [-0.39, 0.29) is 66.7 Å². The standard InChI is InChI=1S/C36H61N5O6/c1-11-16-28(40(8)32(43)23-37-36(45)33(24(2)3)39(6)7)30(46-9)22-31(42)41-20-15-19-29(41)34(47-10)26(5)35(44)38-25(4)21-27-17-13-12-14-18-27/h12-14,17-18,24-26,28-30,33-34H,11,15-16,19-23H2,1-10H3,(H,37,45)(H,38,44). The van der Waals surface area contributed by atoms with E-state index in [1.807, 2.05) is 88.8 Å². The minimum absolute atomic E-state index is 0.0539. The van der Waals surface area contributed by atoms with Crippen molar-refractivity contribution in [1.82, 2.24) is 25.3 Å². The number of hydrogen-bond acceptors (Lipinski definition) is 7. The predicted molar refractivity (Wildman–Crippen MR) is 185 cm³/mol. The Morgan fingerprint density at radius 3 is 2.19 bits per heavy atom. The van der Waals surface area contributed by atoms with Gasteiger partial charge in [-0.1, -0.05) is 64.4 Å². The van der Waals surface area contributed by atoms with Gasteiger partial charge in [0, 0.05) is 33.9 Å². The first kappa shape index (κ1) is 40.2. The molecule has 1 saturated heterocycles. The molecule has 11 nitrogen and oxygen atoms in total. The van der Waals surface area contributed by atoms with Crippen LogP contribution in [0, 0.1) is 11.8 Å². The van der Waals surface area contributed by atoms with Crippen LogP contribution in [0.15, 0.2) is 30.3 Å². The molecule has 2 rings (SSSR count). The predicted octanol–water partition coefficient (Wildman–Crippen LogP) is 3.11. The number of nitrogens with zero attached hydrogens (tertiary/aromatic N) is 3. The van der Waals surface area contributed by atoms with Crippen LogP contribution < -0.4 is 10.6 Å². The molecule has 1 heterocycles. The topological polar surface area (TPSA) is 121 Å². The van der Waals surface area contributed by atoms with Crippen LogP contribution in [0.5, 0.6) is 0 Å². The second-order valence-electron chi connectivity index (χ2n) is 13.6. The smallest absolute Gasteiger partial charge is 0.242 e. The molecule has 0 bridgehead atoms. The van der Waals surface area contributed by atoms with E-state index in [1.54, 1.807) is 26.2 Å². The third kappa shape index (κ3) is 11.6. The maximum absolute atomic E-state index is 13.9. The van der Waals surface area contributed by atoms with E-state index in [0.29, 0.717) is 13.0 Å². The quantitative estimate of drug-likeness (QED) is 0.234. The fourth-order valence-corrected chi connectivity index (χ4v) is 6.98. The van der Waals surface area contributed by atoms with E-state index >= 15 is 0 Å². The van der Waals surface area contributed by atoms with Crippen molar-refractivity contribution in [3.05, 3.63) is 35.9 Å². The van der Waals surface area contributed by atoms with Crippen LogP contribution in [0.3, 0.4) is 0 Å². The molecule has 7 unspecified atom stereocenters. The monoisotopic (exact) mass is 659 g/mol. The van der Waals surface area contributed by atoms with Gasteiger partial charge in [-0.3, -0.25) is 24.1 Å². The zero-order chi connectivity index (χ0) is 35.3. The largest absolute Gasteiger partial charge is 0.379 e.